The molecule has 0 aliphatic heterocycles. The summed E-state index contributed by atoms with van der Waals surface area (Å²) in [5.41, 5.74) is 5.37. The summed E-state index contributed by atoms with van der Waals surface area (Å²) in [5.74, 6) is 0.472. The minimum Gasteiger partial charge on any atom is -0.366 e. The highest BCUT2D eigenvalue weighted by molar-refractivity contribution is 5.96. The van der Waals surface area contributed by atoms with Gasteiger partial charge >= 0.3 is 0 Å². The van der Waals surface area contributed by atoms with Crippen LogP contribution in [0, 0.1) is 6.92 Å². The summed E-state index contributed by atoms with van der Waals surface area (Å²) in [4.78, 5) is 16.3. The molecule has 100 valence electrons. The minimum absolute atomic E-state index is 0.401. The molecule has 0 saturated carbocycles. The molecule has 0 bridgehead atoms. The first kappa shape index (κ1) is 11.2. The number of amides is 1. The van der Waals surface area contributed by atoms with Gasteiger partial charge in [-0.2, -0.15) is 0 Å². The number of benzene rings is 1. The van der Waals surface area contributed by atoms with Gasteiger partial charge in [0.15, 0.2) is 1.41 Å². The number of rotatable bonds is 3. The first-order valence-electron chi connectivity index (χ1n) is 6.92. The normalized spacial score (nSPS) is 11.3. The first-order valence-corrected chi connectivity index (χ1v) is 6.42. The fourth-order valence-corrected chi connectivity index (χ4v) is 2.45. The average molecular weight is 266 g/mol. The highest BCUT2D eigenvalue weighted by Gasteiger charge is 2.14. The fraction of sp³-hybridized carbons (Fsp3) is 0.125. The summed E-state index contributed by atoms with van der Waals surface area (Å²) < 4.78 is 9.07. The lowest BCUT2D eigenvalue weighted by atomic mass is 9.99. The maximum atomic E-state index is 11.9. The third-order valence-corrected chi connectivity index (χ3v) is 3.47. The molecule has 0 spiro atoms. The van der Waals surface area contributed by atoms with E-state index in [-0.39, 0.29) is 0 Å². The SMILES string of the molecule is [2H]NC(=O)c1ccn2c(C)ncc2c1Cc1ccccc1. The summed E-state index contributed by atoms with van der Waals surface area (Å²) in [6.45, 7) is 1.92. The summed E-state index contributed by atoms with van der Waals surface area (Å²) >= 11 is 0. The van der Waals surface area contributed by atoms with Crippen molar-refractivity contribution in [3.8, 4) is 0 Å². The van der Waals surface area contributed by atoms with Crippen LogP contribution in [0.4, 0.5) is 0 Å². The molecule has 0 atom stereocenters. The van der Waals surface area contributed by atoms with E-state index in [0.717, 1.165) is 22.5 Å². The number of hydrogen-bond donors (Lipinski definition) is 1. The number of imidazole rings is 1. The van der Waals surface area contributed by atoms with Crippen molar-refractivity contribution in [1.29, 1.82) is 0 Å². The van der Waals surface area contributed by atoms with Gasteiger partial charge in [-0.05, 0) is 24.1 Å². The Morgan fingerprint density at radius 1 is 1.35 bits per heavy atom. The topological polar surface area (TPSA) is 60.4 Å². The Balaban J connectivity index is 2.18. The smallest absolute Gasteiger partial charge is 0.249 e. The summed E-state index contributed by atoms with van der Waals surface area (Å²) in [5, 5.41) is 0. The number of carbonyl (C=O) groups is 1. The van der Waals surface area contributed by atoms with Gasteiger partial charge in [0.25, 0.3) is 0 Å². The second-order valence-corrected chi connectivity index (χ2v) is 4.76. The maximum Gasteiger partial charge on any atom is 0.249 e. The molecule has 0 aliphatic rings. The number of carbonyl (C=O) groups excluding carboxylic acids is 1. The molecule has 3 aromatic rings. The number of hydrogen-bond acceptors (Lipinski definition) is 2. The van der Waals surface area contributed by atoms with E-state index in [1.807, 2.05) is 53.6 Å². The lowest BCUT2D eigenvalue weighted by molar-refractivity contribution is 0.0999. The Bertz CT molecular complexity index is 796. The van der Waals surface area contributed by atoms with Crippen molar-refractivity contribution in [2.75, 3.05) is 0 Å². The highest BCUT2D eigenvalue weighted by atomic mass is 16.1. The predicted molar refractivity (Wildman–Crippen MR) is 77.7 cm³/mol. The average Bonchev–Trinajstić information content (AvgIpc) is 2.90. The van der Waals surface area contributed by atoms with Crippen LogP contribution in [0.2, 0.25) is 1.41 Å². The number of aromatic nitrogens is 2. The Hall–Kier alpha value is -2.62. The molecule has 2 aromatic heterocycles. The van der Waals surface area contributed by atoms with Crippen LogP contribution in [-0.4, -0.2) is 15.3 Å². The third-order valence-electron chi connectivity index (χ3n) is 3.47. The van der Waals surface area contributed by atoms with Crippen molar-refractivity contribution in [1.82, 2.24) is 9.38 Å². The van der Waals surface area contributed by atoms with Crippen LogP contribution in [0.3, 0.4) is 0 Å². The van der Waals surface area contributed by atoms with Gasteiger partial charge in [0.1, 0.15) is 5.82 Å². The van der Waals surface area contributed by atoms with Crippen molar-refractivity contribution in [3.05, 3.63) is 71.3 Å². The summed E-state index contributed by atoms with van der Waals surface area (Å²) in [6.07, 6.45) is 4.21. The van der Waals surface area contributed by atoms with E-state index >= 15 is 0 Å². The van der Waals surface area contributed by atoms with Crippen LogP contribution < -0.4 is 5.73 Å². The standard InChI is InChI=1S/C16H15N3O/c1-11-18-10-15-14(9-12-5-3-2-4-6-12)13(16(17)20)7-8-19(11)15/h2-8,10H,9H2,1H3,(H2,17,20)/i/hD. The van der Waals surface area contributed by atoms with Crippen molar-refractivity contribution in [3.63, 3.8) is 0 Å². The van der Waals surface area contributed by atoms with Gasteiger partial charge < -0.3 is 10.1 Å². The lowest BCUT2D eigenvalue weighted by Gasteiger charge is -2.10. The van der Waals surface area contributed by atoms with Crippen LogP contribution in [0.15, 0.2) is 48.8 Å². The molecule has 2 heterocycles. The number of aryl methyl sites for hydroxylation is 1. The second-order valence-electron chi connectivity index (χ2n) is 4.76. The van der Waals surface area contributed by atoms with Gasteiger partial charge in [0, 0.05) is 18.2 Å². The minimum atomic E-state index is -0.401. The molecule has 0 saturated heterocycles. The molecule has 0 aliphatic carbocycles. The van der Waals surface area contributed by atoms with Gasteiger partial charge in [-0.15, -0.1) is 0 Å². The van der Waals surface area contributed by atoms with Crippen molar-refractivity contribution < 1.29 is 6.21 Å². The van der Waals surface area contributed by atoms with Gasteiger partial charge in [0.2, 0.25) is 5.91 Å². The molecule has 4 heteroatoms. The van der Waals surface area contributed by atoms with E-state index in [2.05, 4.69) is 4.98 Å². The van der Waals surface area contributed by atoms with E-state index in [1.165, 1.54) is 0 Å². The number of nitrogens with two attached hydrogens (primary N) is 1. The van der Waals surface area contributed by atoms with Crippen LogP contribution in [-0.2, 0) is 6.42 Å². The molecule has 1 amide bonds. The predicted octanol–water partition coefficient (Wildman–Crippen LogP) is 2.33. The molecular formula is C16H15N3O. The largest absolute Gasteiger partial charge is 0.366 e. The van der Waals surface area contributed by atoms with E-state index in [4.69, 9.17) is 1.41 Å². The van der Waals surface area contributed by atoms with Crippen LogP contribution >= 0.6 is 0 Å². The molecule has 2 N–H and O–H groups in total. The number of pyridine rings is 1. The van der Waals surface area contributed by atoms with Crippen LogP contribution in [0.1, 0.15) is 27.3 Å². The second kappa shape index (κ2) is 4.81. The number of fused-ring (bicyclic) bond motifs is 1. The quantitative estimate of drug-likeness (QED) is 0.791. The Labute approximate surface area is 118 Å². The Kier molecular flexibility index (Phi) is 2.70. The Morgan fingerprint density at radius 2 is 2.15 bits per heavy atom. The first-order chi connectivity index (χ1) is 10.2. The molecule has 0 fully saturated rings. The maximum absolute atomic E-state index is 11.9. The molecule has 0 radical (unpaired) electrons. The zero-order valence-corrected chi connectivity index (χ0v) is 11.1. The lowest BCUT2D eigenvalue weighted by Crippen LogP contribution is -2.15. The molecule has 3 rings (SSSR count). The summed E-state index contributed by atoms with van der Waals surface area (Å²) in [6, 6.07) is 11.7. The van der Waals surface area contributed by atoms with Crippen molar-refractivity contribution >= 4 is 11.4 Å². The number of nitrogens with zero attached hydrogens (tertiary/aromatic N) is 2. The monoisotopic (exact) mass is 266 g/mol. The number of primary amides is 1. The van der Waals surface area contributed by atoms with Gasteiger partial charge in [-0.25, -0.2) is 4.98 Å². The van der Waals surface area contributed by atoms with Crippen molar-refractivity contribution in [2.45, 2.75) is 13.3 Å². The molecule has 20 heavy (non-hydrogen) atoms. The molecule has 1 aromatic carbocycles. The molecular weight excluding hydrogens is 250 g/mol. The van der Waals surface area contributed by atoms with E-state index in [9.17, 15) is 4.79 Å². The van der Waals surface area contributed by atoms with E-state index in [1.54, 1.807) is 12.3 Å². The van der Waals surface area contributed by atoms with Crippen LogP contribution in [0.25, 0.3) is 5.52 Å². The zero-order chi connectivity index (χ0) is 14.8. The third kappa shape index (κ3) is 2.05. The fourth-order valence-electron chi connectivity index (χ4n) is 2.45. The van der Waals surface area contributed by atoms with Gasteiger partial charge in [0.05, 0.1) is 11.7 Å². The van der Waals surface area contributed by atoms with E-state index < -0.39 is 5.91 Å². The molecule has 4 nitrogen and oxygen atoms in total. The van der Waals surface area contributed by atoms with Gasteiger partial charge in [-0.1, -0.05) is 30.3 Å². The van der Waals surface area contributed by atoms with E-state index in [0.29, 0.717) is 12.0 Å². The Morgan fingerprint density at radius 3 is 2.90 bits per heavy atom. The molecule has 0 unspecified atom stereocenters. The summed E-state index contributed by atoms with van der Waals surface area (Å²) in [7, 11) is 0. The van der Waals surface area contributed by atoms with Gasteiger partial charge in [-0.3, -0.25) is 4.79 Å². The zero-order valence-electron chi connectivity index (χ0n) is 12.1. The highest BCUT2D eigenvalue weighted by Crippen LogP contribution is 2.21. The van der Waals surface area contributed by atoms with Crippen LogP contribution in [0.5, 0.6) is 0 Å². The van der Waals surface area contributed by atoms with Crippen molar-refractivity contribution in [2.24, 2.45) is 5.73 Å².